The van der Waals surface area contributed by atoms with E-state index in [1.165, 1.54) is 5.56 Å². The van der Waals surface area contributed by atoms with Gasteiger partial charge in [-0.2, -0.15) is 0 Å². The van der Waals surface area contributed by atoms with E-state index in [1.54, 1.807) is 0 Å². The van der Waals surface area contributed by atoms with Crippen LogP contribution >= 0.6 is 0 Å². The molecule has 0 saturated heterocycles. The quantitative estimate of drug-likeness (QED) is 0.191. The Bertz CT molecular complexity index is 2240. The molecule has 212 valence electrons. The molecule has 3 aromatic heterocycles. The van der Waals surface area contributed by atoms with Gasteiger partial charge in [0.2, 0.25) is 0 Å². The van der Waals surface area contributed by atoms with Crippen LogP contribution in [0.3, 0.4) is 0 Å². The predicted octanol–water partition coefficient (Wildman–Crippen LogP) is 9.61. The van der Waals surface area contributed by atoms with Gasteiger partial charge in [-0.3, -0.25) is 0 Å². The summed E-state index contributed by atoms with van der Waals surface area (Å²) in [6.45, 7) is 2.14. The first-order chi connectivity index (χ1) is 22.2. The van der Waals surface area contributed by atoms with E-state index in [0.29, 0.717) is 17.5 Å². The molecule has 8 aromatic rings. The Labute approximate surface area is 261 Å². The van der Waals surface area contributed by atoms with Crippen molar-refractivity contribution in [2.45, 2.75) is 6.92 Å². The Hall–Kier alpha value is -6.07. The predicted molar refractivity (Wildman–Crippen MR) is 182 cm³/mol. The average molecular weight is 578 g/mol. The highest BCUT2D eigenvalue weighted by atomic mass is 15.0. The number of aryl methyl sites for hydroxylation is 1. The van der Waals surface area contributed by atoms with Crippen LogP contribution in [0.2, 0.25) is 0 Å². The van der Waals surface area contributed by atoms with Crippen molar-refractivity contribution in [2.24, 2.45) is 0 Å². The summed E-state index contributed by atoms with van der Waals surface area (Å²) in [5.41, 5.74) is 9.73. The molecular formula is C40H27N5. The van der Waals surface area contributed by atoms with E-state index >= 15 is 0 Å². The fourth-order valence-electron chi connectivity index (χ4n) is 5.69. The first-order valence-electron chi connectivity index (χ1n) is 14.9. The van der Waals surface area contributed by atoms with Gasteiger partial charge in [0, 0.05) is 38.6 Å². The molecule has 0 aliphatic rings. The van der Waals surface area contributed by atoms with Crippen molar-refractivity contribution in [3.05, 3.63) is 151 Å². The summed E-state index contributed by atoms with van der Waals surface area (Å²) in [6.07, 6.45) is 0. The standard InChI is InChI=1S/C40H27N5/c1-26-25-35(27-11-5-2-6-12-27)42-37-33(26)23-21-29-22-24-34(41-36(29)37)28-17-19-32(20-18-28)40-44-38(30-13-7-3-8-14-30)43-39(45-40)31-15-9-4-10-16-31/h2-25H,1H3. The molecule has 0 saturated carbocycles. The van der Waals surface area contributed by atoms with Crippen molar-refractivity contribution in [1.29, 1.82) is 0 Å². The SMILES string of the molecule is Cc1cc(-c2ccccc2)nc2c1ccc1ccc(-c3ccc(-c4nc(-c5ccccc5)nc(-c5ccccc5)n4)cc3)nc12. The van der Waals surface area contributed by atoms with Crippen molar-refractivity contribution in [3.8, 4) is 56.7 Å². The highest BCUT2D eigenvalue weighted by Crippen LogP contribution is 2.32. The van der Waals surface area contributed by atoms with Crippen molar-refractivity contribution >= 4 is 21.8 Å². The van der Waals surface area contributed by atoms with E-state index in [-0.39, 0.29) is 0 Å². The number of hydrogen-bond acceptors (Lipinski definition) is 5. The summed E-state index contributed by atoms with van der Waals surface area (Å²) < 4.78 is 0. The summed E-state index contributed by atoms with van der Waals surface area (Å²) in [7, 11) is 0. The molecule has 8 rings (SSSR count). The second-order valence-electron chi connectivity index (χ2n) is 11.0. The zero-order valence-electron chi connectivity index (χ0n) is 24.6. The lowest BCUT2D eigenvalue weighted by atomic mass is 10.0. The summed E-state index contributed by atoms with van der Waals surface area (Å²) in [4.78, 5) is 24.8. The van der Waals surface area contributed by atoms with E-state index < -0.39 is 0 Å². The number of benzene rings is 5. The topological polar surface area (TPSA) is 64.5 Å². The van der Waals surface area contributed by atoms with E-state index in [0.717, 1.165) is 61.0 Å². The Balaban J connectivity index is 1.20. The molecule has 5 aromatic carbocycles. The van der Waals surface area contributed by atoms with Gasteiger partial charge in [0.1, 0.15) is 0 Å². The largest absolute Gasteiger partial charge is 0.245 e. The maximum atomic E-state index is 5.16. The minimum atomic E-state index is 0.625. The molecule has 5 heteroatoms. The van der Waals surface area contributed by atoms with Gasteiger partial charge < -0.3 is 0 Å². The average Bonchev–Trinajstić information content (AvgIpc) is 3.12. The zero-order valence-corrected chi connectivity index (χ0v) is 24.6. The molecule has 0 amide bonds. The molecule has 0 radical (unpaired) electrons. The monoisotopic (exact) mass is 577 g/mol. The van der Waals surface area contributed by atoms with Crippen molar-refractivity contribution < 1.29 is 0 Å². The van der Waals surface area contributed by atoms with Crippen LogP contribution in [0, 0.1) is 6.92 Å². The molecule has 45 heavy (non-hydrogen) atoms. The van der Waals surface area contributed by atoms with Gasteiger partial charge in [-0.25, -0.2) is 24.9 Å². The Morgan fingerprint density at radius 2 is 0.800 bits per heavy atom. The van der Waals surface area contributed by atoms with Crippen LogP contribution in [0.5, 0.6) is 0 Å². The maximum Gasteiger partial charge on any atom is 0.164 e. The summed E-state index contributed by atoms with van der Waals surface area (Å²) in [5.74, 6) is 1.91. The molecule has 3 heterocycles. The number of aromatic nitrogens is 5. The minimum absolute atomic E-state index is 0.625. The lowest BCUT2D eigenvalue weighted by molar-refractivity contribution is 1.07. The second-order valence-corrected chi connectivity index (χ2v) is 11.0. The third-order valence-corrected chi connectivity index (χ3v) is 8.05. The van der Waals surface area contributed by atoms with Gasteiger partial charge in [0.15, 0.2) is 17.5 Å². The van der Waals surface area contributed by atoms with Gasteiger partial charge in [0.25, 0.3) is 0 Å². The summed E-state index contributed by atoms with van der Waals surface area (Å²) in [5, 5.41) is 2.17. The van der Waals surface area contributed by atoms with Crippen LogP contribution in [-0.2, 0) is 0 Å². The van der Waals surface area contributed by atoms with E-state index in [4.69, 9.17) is 24.9 Å². The Morgan fingerprint density at radius 1 is 0.356 bits per heavy atom. The molecule has 0 atom stereocenters. The fourth-order valence-corrected chi connectivity index (χ4v) is 5.69. The molecule has 5 nitrogen and oxygen atoms in total. The zero-order chi connectivity index (χ0) is 30.2. The highest BCUT2D eigenvalue weighted by molar-refractivity contribution is 6.05. The molecule has 0 bridgehead atoms. The minimum Gasteiger partial charge on any atom is -0.245 e. The number of hydrogen-bond donors (Lipinski definition) is 0. The van der Waals surface area contributed by atoms with Crippen molar-refractivity contribution in [3.63, 3.8) is 0 Å². The van der Waals surface area contributed by atoms with Crippen LogP contribution in [0.4, 0.5) is 0 Å². The molecule has 0 aliphatic heterocycles. The molecular weight excluding hydrogens is 550 g/mol. The third kappa shape index (κ3) is 5.11. The van der Waals surface area contributed by atoms with Crippen LogP contribution in [0.15, 0.2) is 146 Å². The Kier molecular flexibility index (Phi) is 6.61. The van der Waals surface area contributed by atoms with E-state index in [2.05, 4.69) is 73.7 Å². The summed E-state index contributed by atoms with van der Waals surface area (Å²) >= 11 is 0. The van der Waals surface area contributed by atoms with Gasteiger partial charge >= 0.3 is 0 Å². The number of nitrogens with zero attached hydrogens (tertiary/aromatic N) is 5. The number of fused-ring (bicyclic) bond motifs is 3. The van der Waals surface area contributed by atoms with Crippen LogP contribution in [0.1, 0.15) is 5.56 Å². The number of rotatable bonds is 5. The fraction of sp³-hybridized carbons (Fsp3) is 0.0250. The maximum absolute atomic E-state index is 5.16. The molecule has 0 spiro atoms. The second kappa shape index (κ2) is 11.2. The molecule has 0 aliphatic carbocycles. The lowest BCUT2D eigenvalue weighted by Crippen LogP contribution is -2.00. The lowest BCUT2D eigenvalue weighted by Gasteiger charge is -2.11. The smallest absolute Gasteiger partial charge is 0.164 e. The van der Waals surface area contributed by atoms with Gasteiger partial charge in [-0.15, -0.1) is 0 Å². The first kappa shape index (κ1) is 26.5. The van der Waals surface area contributed by atoms with Gasteiger partial charge in [-0.1, -0.05) is 133 Å². The Morgan fingerprint density at radius 3 is 1.38 bits per heavy atom. The molecule has 0 N–H and O–H groups in total. The first-order valence-corrected chi connectivity index (χ1v) is 14.9. The van der Waals surface area contributed by atoms with Crippen molar-refractivity contribution in [1.82, 2.24) is 24.9 Å². The van der Waals surface area contributed by atoms with Crippen LogP contribution < -0.4 is 0 Å². The third-order valence-electron chi connectivity index (χ3n) is 8.05. The van der Waals surface area contributed by atoms with Crippen LogP contribution in [-0.4, -0.2) is 24.9 Å². The normalized spacial score (nSPS) is 11.2. The summed E-state index contributed by atoms with van der Waals surface area (Å²) in [6, 6.07) is 49.2. The van der Waals surface area contributed by atoms with E-state index in [9.17, 15) is 0 Å². The van der Waals surface area contributed by atoms with Crippen molar-refractivity contribution in [2.75, 3.05) is 0 Å². The van der Waals surface area contributed by atoms with Gasteiger partial charge in [-0.05, 0) is 24.6 Å². The van der Waals surface area contributed by atoms with Crippen LogP contribution in [0.25, 0.3) is 78.5 Å². The van der Waals surface area contributed by atoms with E-state index in [1.807, 2.05) is 78.9 Å². The number of pyridine rings is 2. The molecule has 0 fully saturated rings. The van der Waals surface area contributed by atoms with Gasteiger partial charge in [0.05, 0.1) is 22.4 Å². The highest BCUT2D eigenvalue weighted by Gasteiger charge is 2.14. The molecule has 0 unspecified atom stereocenters.